The first-order valence-corrected chi connectivity index (χ1v) is 16.3. The molecule has 0 aliphatic rings. The molecular formula is C36H40FN3O5S. The van der Waals surface area contributed by atoms with E-state index in [2.05, 4.69) is 5.32 Å². The van der Waals surface area contributed by atoms with Crippen LogP contribution in [0.25, 0.3) is 0 Å². The van der Waals surface area contributed by atoms with Crippen molar-refractivity contribution in [3.8, 4) is 5.75 Å². The third kappa shape index (κ3) is 8.94. The molecule has 0 saturated carbocycles. The molecule has 0 bridgehead atoms. The molecular weight excluding hydrogens is 605 g/mol. The molecule has 0 aromatic heterocycles. The number of amides is 2. The largest absolute Gasteiger partial charge is 0.497 e. The third-order valence-corrected chi connectivity index (χ3v) is 9.07. The van der Waals surface area contributed by atoms with Crippen LogP contribution >= 0.6 is 0 Å². The van der Waals surface area contributed by atoms with Crippen molar-refractivity contribution in [3.63, 3.8) is 0 Å². The molecule has 4 aromatic rings. The zero-order valence-corrected chi connectivity index (χ0v) is 27.6. The summed E-state index contributed by atoms with van der Waals surface area (Å²) in [6.45, 7) is 6.72. The number of benzene rings is 4. The number of ether oxygens (including phenoxy) is 1. The second-order valence-electron chi connectivity index (χ2n) is 12.1. The van der Waals surface area contributed by atoms with Crippen LogP contribution in [0, 0.1) is 12.7 Å². The number of anilines is 1. The number of nitrogens with one attached hydrogen (secondary N) is 1. The lowest BCUT2D eigenvalue weighted by Crippen LogP contribution is -2.56. The molecule has 4 aromatic carbocycles. The molecule has 1 N–H and O–H groups in total. The highest BCUT2D eigenvalue weighted by molar-refractivity contribution is 7.92. The molecule has 0 saturated heterocycles. The first-order valence-electron chi connectivity index (χ1n) is 14.9. The Hall–Kier alpha value is -4.70. The van der Waals surface area contributed by atoms with Crippen molar-refractivity contribution in [3.05, 3.63) is 126 Å². The number of aryl methyl sites for hydroxylation is 1. The normalized spacial score (nSPS) is 12.2. The fourth-order valence-electron chi connectivity index (χ4n) is 4.91. The van der Waals surface area contributed by atoms with Crippen molar-refractivity contribution in [1.82, 2.24) is 10.2 Å². The van der Waals surface area contributed by atoms with Crippen molar-refractivity contribution in [2.75, 3.05) is 18.0 Å². The summed E-state index contributed by atoms with van der Waals surface area (Å²) in [5, 5.41) is 2.99. The van der Waals surface area contributed by atoms with Gasteiger partial charge in [-0.25, -0.2) is 12.8 Å². The predicted octanol–water partition coefficient (Wildman–Crippen LogP) is 5.89. The van der Waals surface area contributed by atoms with E-state index in [1.54, 1.807) is 48.5 Å². The Balaban J connectivity index is 1.81. The molecule has 242 valence electrons. The zero-order chi connectivity index (χ0) is 33.5. The Morgan fingerprint density at radius 2 is 1.46 bits per heavy atom. The van der Waals surface area contributed by atoms with Crippen LogP contribution in [0.2, 0.25) is 0 Å². The lowest BCUT2D eigenvalue weighted by atomic mass is 10.0. The maximum Gasteiger partial charge on any atom is 0.264 e. The topological polar surface area (TPSA) is 96.0 Å². The van der Waals surface area contributed by atoms with Gasteiger partial charge in [-0.3, -0.25) is 13.9 Å². The molecule has 1 unspecified atom stereocenters. The Kier molecular flexibility index (Phi) is 10.8. The summed E-state index contributed by atoms with van der Waals surface area (Å²) in [6, 6.07) is 26.6. The average Bonchev–Trinajstić information content (AvgIpc) is 3.02. The van der Waals surface area contributed by atoms with Gasteiger partial charge >= 0.3 is 0 Å². The molecule has 0 aliphatic carbocycles. The van der Waals surface area contributed by atoms with Gasteiger partial charge in [-0.05, 0) is 87.4 Å². The Morgan fingerprint density at radius 3 is 2.02 bits per heavy atom. The minimum atomic E-state index is -4.24. The zero-order valence-electron chi connectivity index (χ0n) is 26.7. The van der Waals surface area contributed by atoms with E-state index in [0.29, 0.717) is 11.3 Å². The number of rotatable bonds is 12. The molecule has 8 nitrogen and oxygen atoms in total. The number of sulfonamides is 1. The summed E-state index contributed by atoms with van der Waals surface area (Å²) >= 11 is 0. The van der Waals surface area contributed by atoms with E-state index >= 15 is 0 Å². The van der Waals surface area contributed by atoms with Crippen molar-refractivity contribution < 1.29 is 27.1 Å². The second kappa shape index (κ2) is 14.6. The summed E-state index contributed by atoms with van der Waals surface area (Å²) in [5.74, 6) is -0.935. The second-order valence-corrected chi connectivity index (χ2v) is 14.0. The van der Waals surface area contributed by atoms with Gasteiger partial charge in [-0.2, -0.15) is 0 Å². The fraction of sp³-hybridized carbons (Fsp3) is 0.278. The van der Waals surface area contributed by atoms with Gasteiger partial charge in [-0.15, -0.1) is 0 Å². The molecule has 46 heavy (non-hydrogen) atoms. The molecule has 0 fully saturated rings. The number of carbonyl (C=O) groups is 2. The summed E-state index contributed by atoms with van der Waals surface area (Å²) in [5.41, 5.74) is 1.90. The van der Waals surface area contributed by atoms with Crippen LogP contribution < -0.4 is 14.4 Å². The van der Waals surface area contributed by atoms with E-state index in [1.807, 2.05) is 58.0 Å². The molecule has 0 aliphatic heterocycles. The van der Waals surface area contributed by atoms with E-state index in [-0.39, 0.29) is 23.5 Å². The lowest BCUT2D eigenvalue weighted by molar-refractivity contribution is -0.140. The summed E-state index contributed by atoms with van der Waals surface area (Å²) in [7, 11) is -2.73. The minimum absolute atomic E-state index is 0.0121. The lowest BCUT2D eigenvalue weighted by Gasteiger charge is -2.35. The molecule has 0 radical (unpaired) electrons. The van der Waals surface area contributed by atoms with E-state index in [9.17, 15) is 22.4 Å². The highest BCUT2D eigenvalue weighted by Gasteiger charge is 2.35. The van der Waals surface area contributed by atoms with Crippen LogP contribution in [0.5, 0.6) is 5.75 Å². The molecule has 1 atom stereocenters. The van der Waals surface area contributed by atoms with Crippen LogP contribution in [-0.4, -0.2) is 50.4 Å². The van der Waals surface area contributed by atoms with Crippen LogP contribution in [0.4, 0.5) is 10.1 Å². The molecule has 0 spiro atoms. The van der Waals surface area contributed by atoms with E-state index in [0.717, 1.165) is 15.4 Å². The van der Waals surface area contributed by atoms with Gasteiger partial charge in [0, 0.05) is 18.5 Å². The number of carbonyl (C=O) groups excluding carboxylic acids is 2. The van der Waals surface area contributed by atoms with Crippen LogP contribution in [0.3, 0.4) is 0 Å². The molecule has 2 amide bonds. The van der Waals surface area contributed by atoms with Gasteiger partial charge in [0.05, 0.1) is 17.7 Å². The van der Waals surface area contributed by atoms with Crippen LogP contribution in [0.1, 0.15) is 37.5 Å². The SMILES string of the molecule is COc1ccc(N(CC(=O)N(Cc2ccc(F)cc2)C(Cc2ccccc2)C(=O)NC(C)(C)C)S(=O)(=O)c2ccc(C)cc2)cc1. The fourth-order valence-corrected chi connectivity index (χ4v) is 6.32. The first-order chi connectivity index (χ1) is 21.8. The van der Waals surface area contributed by atoms with Gasteiger partial charge in [0.1, 0.15) is 24.2 Å². The monoisotopic (exact) mass is 645 g/mol. The Labute approximate surface area is 270 Å². The number of hydrogen-bond donors (Lipinski definition) is 1. The average molecular weight is 646 g/mol. The summed E-state index contributed by atoms with van der Waals surface area (Å²) < 4.78 is 48.4. The van der Waals surface area contributed by atoms with Crippen LogP contribution in [0.15, 0.2) is 108 Å². The molecule has 10 heteroatoms. The summed E-state index contributed by atoms with van der Waals surface area (Å²) in [4.78, 5) is 29.8. The number of methoxy groups -OCH3 is 1. The van der Waals surface area contributed by atoms with Gasteiger partial charge in [-0.1, -0.05) is 60.2 Å². The van der Waals surface area contributed by atoms with Crippen molar-refractivity contribution in [1.29, 1.82) is 0 Å². The van der Waals surface area contributed by atoms with Gasteiger partial charge < -0.3 is 15.0 Å². The maximum absolute atomic E-state index is 14.5. The highest BCUT2D eigenvalue weighted by atomic mass is 32.2. The molecule has 4 rings (SSSR count). The maximum atomic E-state index is 14.5. The van der Waals surface area contributed by atoms with Gasteiger partial charge in [0.15, 0.2) is 0 Å². The third-order valence-electron chi connectivity index (χ3n) is 7.28. The quantitative estimate of drug-likeness (QED) is 0.207. The molecule has 0 heterocycles. The van der Waals surface area contributed by atoms with Crippen LogP contribution in [-0.2, 0) is 32.6 Å². The number of nitrogens with zero attached hydrogens (tertiary/aromatic N) is 2. The van der Waals surface area contributed by atoms with E-state index < -0.39 is 45.8 Å². The Bertz CT molecular complexity index is 1720. The smallest absolute Gasteiger partial charge is 0.264 e. The Morgan fingerprint density at radius 1 is 0.848 bits per heavy atom. The first kappa shape index (κ1) is 34.2. The van der Waals surface area contributed by atoms with Crippen molar-refractivity contribution >= 4 is 27.5 Å². The standard InChI is InChI=1S/C36H40FN3O5S/c1-26-11-21-32(22-12-26)46(43,44)40(30-17-19-31(45-5)20-18-30)25-34(41)39(24-28-13-15-29(37)16-14-28)33(35(42)38-36(2,3)4)23-27-9-7-6-8-10-27/h6-22,33H,23-25H2,1-5H3,(H,38,42). The van der Waals surface area contributed by atoms with Crippen molar-refractivity contribution in [2.45, 2.75) is 57.1 Å². The van der Waals surface area contributed by atoms with Crippen molar-refractivity contribution in [2.24, 2.45) is 0 Å². The number of halogens is 1. The van der Waals surface area contributed by atoms with E-state index in [4.69, 9.17) is 4.74 Å². The minimum Gasteiger partial charge on any atom is -0.497 e. The summed E-state index contributed by atoms with van der Waals surface area (Å²) in [6.07, 6.45) is 0.170. The van der Waals surface area contributed by atoms with Gasteiger partial charge in [0.25, 0.3) is 10.0 Å². The number of hydrogen-bond acceptors (Lipinski definition) is 5. The van der Waals surface area contributed by atoms with E-state index in [1.165, 1.54) is 36.3 Å². The highest BCUT2D eigenvalue weighted by Crippen LogP contribution is 2.27. The predicted molar refractivity (Wildman–Crippen MR) is 177 cm³/mol. The van der Waals surface area contributed by atoms with Gasteiger partial charge in [0.2, 0.25) is 11.8 Å².